The van der Waals surface area contributed by atoms with E-state index in [1.165, 1.54) is 31.0 Å². The summed E-state index contributed by atoms with van der Waals surface area (Å²) in [6, 6.07) is 12.1. The zero-order valence-corrected chi connectivity index (χ0v) is 18.5. The molecule has 9 heteroatoms. The standard InChI is InChI=1S/C22H20ClN3O4S/c1-26-20-19(21(29)25-22(26)31-11-12-3-5-13(23)6-4-12)16(10-18(28)24-20)15-8-7-14(27)9-17(15)30-2/h3-9,16,27H,10-11H2,1-2H3,(H,24,28). The Bertz CT molecular complexity index is 1210. The summed E-state index contributed by atoms with van der Waals surface area (Å²) in [4.78, 5) is 29.9. The molecule has 1 aliphatic rings. The Labute approximate surface area is 188 Å². The highest BCUT2D eigenvalue weighted by molar-refractivity contribution is 7.98. The number of anilines is 1. The van der Waals surface area contributed by atoms with Gasteiger partial charge in [0.05, 0.1) is 12.7 Å². The molecule has 0 spiro atoms. The first-order valence-electron chi connectivity index (χ1n) is 9.52. The average Bonchev–Trinajstić information content (AvgIpc) is 2.75. The molecule has 1 aromatic heterocycles. The molecule has 3 aromatic rings. The maximum atomic E-state index is 13.1. The number of nitrogens with zero attached hydrogens (tertiary/aromatic N) is 2. The van der Waals surface area contributed by atoms with E-state index < -0.39 is 11.5 Å². The second-order valence-corrected chi connectivity index (χ2v) is 8.55. The minimum Gasteiger partial charge on any atom is -0.508 e. The van der Waals surface area contributed by atoms with Crippen LogP contribution in [0.25, 0.3) is 0 Å². The summed E-state index contributed by atoms with van der Waals surface area (Å²) in [5.41, 5.74) is 1.70. The average molecular weight is 458 g/mol. The van der Waals surface area contributed by atoms with Crippen molar-refractivity contribution in [3.8, 4) is 11.5 Å². The summed E-state index contributed by atoms with van der Waals surface area (Å²) in [5, 5.41) is 13.8. The van der Waals surface area contributed by atoms with E-state index in [4.69, 9.17) is 16.3 Å². The number of halogens is 1. The number of aromatic nitrogens is 2. The minimum atomic E-state index is -0.527. The molecule has 0 saturated carbocycles. The Balaban J connectivity index is 1.74. The van der Waals surface area contributed by atoms with E-state index in [-0.39, 0.29) is 18.1 Å². The number of phenolic OH excluding ortho intramolecular Hbond substituents is 1. The Morgan fingerprint density at radius 1 is 1.26 bits per heavy atom. The molecule has 1 amide bonds. The molecule has 1 unspecified atom stereocenters. The number of methoxy groups -OCH3 is 1. The molecule has 2 N–H and O–H groups in total. The summed E-state index contributed by atoms with van der Waals surface area (Å²) in [7, 11) is 3.25. The van der Waals surface area contributed by atoms with E-state index in [0.717, 1.165) is 5.56 Å². The van der Waals surface area contributed by atoms with E-state index in [0.29, 0.717) is 38.6 Å². The van der Waals surface area contributed by atoms with Gasteiger partial charge in [-0.15, -0.1) is 0 Å². The number of nitrogens with one attached hydrogen (secondary N) is 1. The molecule has 1 atom stereocenters. The normalized spacial score (nSPS) is 15.3. The van der Waals surface area contributed by atoms with Gasteiger partial charge in [0.1, 0.15) is 17.3 Å². The molecule has 7 nitrogen and oxygen atoms in total. The van der Waals surface area contributed by atoms with Crippen LogP contribution in [-0.4, -0.2) is 27.7 Å². The molecule has 31 heavy (non-hydrogen) atoms. The lowest BCUT2D eigenvalue weighted by Gasteiger charge is -2.28. The number of thioether (sulfide) groups is 1. The number of carbonyl (C=O) groups is 1. The fourth-order valence-electron chi connectivity index (χ4n) is 3.65. The van der Waals surface area contributed by atoms with Crippen LogP contribution in [0.4, 0.5) is 5.82 Å². The number of benzene rings is 2. The van der Waals surface area contributed by atoms with Gasteiger partial charge >= 0.3 is 0 Å². The molecule has 0 fully saturated rings. The van der Waals surface area contributed by atoms with Crippen LogP contribution in [0.2, 0.25) is 5.02 Å². The minimum absolute atomic E-state index is 0.0426. The van der Waals surface area contributed by atoms with Crippen molar-refractivity contribution >= 4 is 35.1 Å². The fraction of sp³-hybridized carbons (Fsp3) is 0.227. The third-order valence-corrected chi connectivity index (χ3v) is 6.53. The number of ether oxygens (including phenoxy) is 1. The lowest BCUT2D eigenvalue weighted by Crippen LogP contribution is -2.33. The van der Waals surface area contributed by atoms with Crippen LogP contribution in [-0.2, 0) is 17.6 Å². The highest BCUT2D eigenvalue weighted by Gasteiger charge is 2.33. The molecule has 0 radical (unpaired) electrons. The van der Waals surface area contributed by atoms with Crippen LogP contribution in [0, 0.1) is 0 Å². The molecule has 160 valence electrons. The molecule has 1 aliphatic heterocycles. The van der Waals surface area contributed by atoms with Crippen LogP contribution in [0.5, 0.6) is 11.5 Å². The van der Waals surface area contributed by atoms with E-state index in [1.54, 1.807) is 17.7 Å². The maximum Gasteiger partial charge on any atom is 0.279 e. The molecule has 0 bridgehead atoms. The number of hydrogen-bond acceptors (Lipinski definition) is 6. The van der Waals surface area contributed by atoms with Crippen LogP contribution in [0.3, 0.4) is 0 Å². The topological polar surface area (TPSA) is 93.4 Å². The molecular formula is C22H20ClN3O4S. The van der Waals surface area contributed by atoms with Crippen molar-refractivity contribution < 1.29 is 14.6 Å². The van der Waals surface area contributed by atoms with Gasteiger partial charge in [-0.2, -0.15) is 4.98 Å². The first-order chi connectivity index (χ1) is 14.9. The van der Waals surface area contributed by atoms with Gasteiger partial charge in [-0.1, -0.05) is 41.6 Å². The molecule has 2 aromatic carbocycles. The summed E-state index contributed by atoms with van der Waals surface area (Å²) in [5.74, 6) is 0.743. The van der Waals surface area contributed by atoms with Crippen molar-refractivity contribution in [2.75, 3.05) is 12.4 Å². The maximum absolute atomic E-state index is 13.1. The van der Waals surface area contributed by atoms with Crippen molar-refractivity contribution in [2.24, 2.45) is 7.05 Å². The quantitative estimate of drug-likeness (QED) is 0.445. The predicted molar refractivity (Wildman–Crippen MR) is 120 cm³/mol. The first-order valence-corrected chi connectivity index (χ1v) is 10.9. The molecule has 0 aliphatic carbocycles. The lowest BCUT2D eigenvalue weighted by molar-refractivity contribution is -0.116. The Kier molecular flexibility index (Phi) is 5.93. The van der Waals surface area contributed by atoms with Gasteiger partial charge < -0.3 is 19.7 Å². The van der Waals surface area contributed by atoms with E-state index in [1.807, 2.05) is 24.3 Å². The van der Waals surface area contributed by atoms with Crippen LogP contribution < -0.4 is 15.6 Å². The van der Waals surface area contributed by atoms with Crippen molar-refractivity contribution in [3.05, 3.63) is 74.5 Å². The Morgan fingerprint density at radius 2 is 2.00 bits per heavy atom. The number of fused-ring (bicyclic) bond motifs is 1. The predicted octanol–water partition coefficient (Wildman–Crippen LogP) is 3.91. The monoisotopic (exact) mass is 457 g/mol. The second-order valence-electron chi connectivity index (χ2n) is 7.17. The van der Waals surface area contributed by atoms with Gasteiger partial charge in [-0.05, 0) is 23.8 Å². The highest BCUT2D eigenvalue weighted by Crippen LogP contribution is 2.40. The van der Waals surface area contributed by atoms with Gasteiger partial charge in [0, 0.05) is 41.8 Å². The van der Waals surface area contributed by atoms with Gasteiger partial charge in [0.25, 0.3) is 5.56 Å². The van der Waals surface area contributed by atoms with E-state index in [9.17, 15) is 14.7 Å². The zero-order valence-electron chi connectivity index (χ0n) is 16.9. The van der Waals surface area contributed by atoms with E-state index >= 15 is 0 Å². The number of rotatable bonds is 5. The Morgan fingerprint density at radius 3 is 2.71 bits per heavy atom. The number of amides is 1. The van der Waals surface area contributed by atoms with Crippen LogP contribution in [0.1, 0.15) is 29.0 Å². The SMILES string of the molecule is COc1cc(O)ccc1C1CC(=O)Nc2c1c(=O)nc(SCc1ccc(Cl)cc1)n2C. The lowest BCUT2D eigenvalue weighted by atomic mass is 9.86. The summed E-state index contributed by atoms with van der Waals surface area (Å²) < 4.78 is 7.12. The van der Waals surface area contributed by atoms with Gasteiger partial charge in [0.15, 0.2) is 5.16 Å². The van der Waals surface area contributed by atoms with E-state index in [2.05, 4.69) is 10.3 Å². The summed E-state index contributed by atoms with van der Waals surface area (Å²) >= 11 is 7.34. The van der Waals surface area contributed by atoms with Gasteiger partial charge in [0.2, 0.25) is 5.91 Å². The Hall–Kier alpha value is -2.97. The first kappa shape index (κ1) is 21.3. The van der Waals surface area contributed by atoms with Crippen LogP contribution >= 0.6 is 23.4 Å². The molecule has 0 saturated heterocycles. The van der Waals surface area contributed by atoms with Crippen molar-refractivity contribution in [1.29, 1.82) is 0 Å². The number of phenols is 1. The van der Waals surface area contributed by atoms with Crippen LogP contribution in [0.15, 0.2) is 52.4 Å². The molecule has 4 rings (SSSR count). The largest absolute Gasteiger partial charge is 0.508 e. The zero-order chi connectivity index (χ0) is 22.1. The number of carbonyl (C=O) groups excluding carboxylic acids is 1. The molecular weight excluding hydrogens is 438 g/mol. The van der Waals surface area contributed by atoms with Crippen molar-refractivity contribution in [2.45, 2.75) is 23.2 Å². The van der Waals surface area contributed by atoms with Crippen molar-refractivity contribution in [3.63, 3.8) is 0 Å². The third-order valence-electron chi connectivity index (χ3n) is 5.17. The fourth-order valence-corrected chi connectivity index (χ4v) is 4.69. The summed E-state index contributed by atoms with van der Waals surface area (Å²) in [6.07, 6.45) is 0.0856. The smallest absolute Gasteiger partial charge is 0.279 e. The number of hydrogen-bond donors (Lipinski definition) is 2. The highest BCUT2D eigenvalue weighted by atomic mass is 35.5. The van der Waals surface area contributed by atoms with Gasteiger partial charge in [-0.25, -0.2) is 0 Å². The molecule has 2 heterocycles. The third kappa shape index (κ3) is 4.26. The summed E-state index contributed by atoms with van der Waals surface area (Å²) in [6.45, 7) is 0. The number of aromatic hydroxyl groups is 1. The van der Waals surface area contributed by atoms with Crippen molar-refractivity contribution in [1.82, 2.24) is 9.55 Å². The van der Waals surface area contributed by atoms with Gasteiger partial charge in [-0.3, -0.25) is 9.59 Å². The second kappa shape index (κ2) is 8.64.